The monoisotopic (exact) mass is 448 g/mol. The maximum Gasteiger partial charge on any atom is 0.236 e. The molecule has 0 aromatic carbocycles. The van der Waals surface area contributed by atoms with Crippen LogP contribution >= 0.6 is 23.1 Å². The molecular formula is C21H32N6OS2. The van der Waals surface area contributed by atoms with Gasteiger partial charge in [0.2, 0.25) is 11.0 Å². The number of anilines is 1. The van der Waals surface area contributed by atoms with Gasteiger partial charge < -0.3 is 4.57 Å². The lowest BCUT2D eigenvalue weighted by Gasteiger charge is -2.20. The van der Waals surface area contributed by atoms with Crippen molar-refractivity contribution in [3.8, 4) is 0 Å². The minimum absolute atomic E-state index is 0.0712. The highest BCUT2D eigenvalue weighted by atomic mass is 32.2. The van der Waals surface area contributed by atoms with Crippen LogP contribution in [0.5, 0.6) is 0 Å². The second-order valence-corrected chi connectivity index (χ2v) is 10.6. The number of amides is 1. The van der Waals surface area contributed by atoms with Crippen LogP contribution in [0.3, 0.4) is 0 Å². The van der Waals surface area contributed by atoms with E-state index in [0.29, 0.717) is 16.8 Å². The van der Waals surface area contributed by atoms with E-state index in [-0.39, 0.29) is 5.91 Å². The Morgan fingerprint density at radius 1 is 1.03 bits per heavy atom. The lowest BCUT2D eigenvalue weighted by atomic mass is 9.86. The van der Waals surface area contributed by atoms with Crippen LogP contribution in [0.25, 0.3) is 0 Å². The predicted molar refractivity (Wildman–Crippen MR) is 121 cm³/mol. The highest BCUT2D eigenvalue weighted by Crippen LogP contribution is 2.35. The Balaban J connectivity index is 1.23. The van der Waals surface area contributed by atoms with Crippen LogP contribution in [0, 0.1) is 5.92 Å². The lowest BCUT2D eigenvalue weighted by molar-refractivity contribution is -0.113. The van der Waals surface area contributed by atoms with E-state index >= 15 is 0 Å². The Morgan fingerprint density at radius 2 is 1.77 bits per heavy atom. The number of thioether (sulfide) groups is 1. The van der Waals surface area contributed by atoms with Crippen LogP contribution in [0.15, 0.2) is 5.16 Å². The Kier molecular flexibility index (Phi) is 7.76. The van der Waals surface area contributed by atoms with Gasteiger partial charge in [0.1, 0.15) is 10.8 Å². The number of nitrogens with zero attached hydrogens (tertiary/aromatic N) is 5. The van der Waals surface area contributed by atoms with E-state index in [0.717, 1.165) is 28.3 Å². The van der Waals surface area contributed by atoms with Crippen LogP contribution in [-0.4, -0.2) is 36.6 Å². The average molecular weight is 449 g/mol. The van der Waals surface area contributed by atoms with Gasteiger partial charge in [-0.3, -0.25) is 10.1 Å². The molecule has 7 nitrogen and oxygen atoms in total. The number of hydrogen-bond acceptors (Lipinski definition) is 7. The highest BCUT2D eigenvalue weighted by Gasteiger charge is 2.21. The second kappa shape index (κ2) is 10.7. The number of rotatable bonds is 8. The summed E-state index contributed by atoms with van der Waals surface area (Å²) in [6, 6.07) is 0. The third-order valence-corrected chi connectivity index (χ3v) is 8.42. The lowest BCUT2D eigenvalue weighted by Crippen LogP contribution is -2.14. The van der Waals surface area contributed by atoms with Crippen molar-refractivity contribution < 1.29 is 4.79 Å². The van der Waals surface area contributed by atoms with Gasteiger partial charge in [0.05, 0.1) is 5.75 Å². The second-order valence-electron chi connectivity index (χ2n) is 8.62. The fourth-order valence-corrected chi connectivity index (χ4v) is 6.24. The van der Waals surface area contributed by atoms with Gasteiger partial charge in [-0.25, -0.2) is 0 Å². The summed E-state index contributed by atoms with van der Waals surface area (Å²) in [5.41, 5.74) is 0. The van der Waals surface area contributed by atoms with E-state index < -0.39 is 0 Å². The Labute approximate surface area is 186 Å². The van der Waals surface area contributed by atoms with Gasteiger partial charge in [-0.15, -0.1) is 20.4 Å². The van der Waals surface area contributed by atoms with Crippen molar-refractivity contribution in [2.75, 3.05) is 11.1 Å². The summed E-state index contributed by atoms with van der Waals surface area (Å²) in [5, 5.41) is 22.5. The summed E-state index contributed by atoms with van der Waals surface area (Å²) in [6.45, 7) is 0. The molecule has 9 heteroatoms. The molecule has 0 radical (unpaired) electrons. The topological polar surface area (TPSA) is 85.6 Å². The molecule has 4 rings (SSSR count). The molecule has 0 unspecified atom stereocenters. The van der Waals surface area contributed by atoms with Crippen molar-refractivity contribution in [2.24, 2.45) is 13.0 Å². The minimum atomic E-state index is -0.0712. The molecule has 30 heavy (non-hydrogen) atoms. The molecule has 2 fully saturated rings. The first-order valence-corrected chi connectivity index (χ1v) is 13.1. The quantitative estimate of drug-likeness (QED) is 0.575. The van der Waals surface area contributed by atoms with E-state index in [4.69, 9.17) is 0 Å². The molecule has 164 valence electrons. The number of aryl methyl sites for hydroxylation is 1. The molecule has 0 spiro atoms. The molecule has 0 atom stereocenters. The number of aromatic nitrogens is 5. The fraction of sp³-hybridized carbons (Fsp3) is 0.762. The van der Waals surface area contributed by atoms with Crippen LogP contribution in [0.2, 0.25) is 0 Å². The molecule has 1 N–H and O–H groups in total. The number of carbonyl (C=O) groups excluding carboxylic acids is 1. The Bertz CT molecular complexity index is 823. The molecule has 2 heterocycles. The number of hydrogen-bond donors (Lipinski definition) is 1. The van der Waals surface area contributed by atoms with Crippen molar-refractivity contribution in [1.82, 2.24) is 25.0 Å². The Morgan fingerprint density at radius 3 is 2.53 bits per heavy atom. The van der Waals surface area contributed by atoms with Crippen molar-refractivity contribution >= 4 is 34.1 Å². The molecular weight excluding hydrogens is 416 g/mol. The number of carbonyl (C=O) groups is 1. The largest absolute Gasteiger partial charge is 0.309 e. The SMILES string of the molecule is Cn1c(CCC2CCCCC2)nnc1SCC(=O)Nc1nnc(C2CCCCC2)s1. The van der Waals surface area contributed by atoms with Crippen molar-refractivity contribution in [2.45, 2.75) is 88.1 Å². The predicted octanol–water partition coefficient (Wildman–Crippen LogP) is 4.96. The maximum absolute atomic E-state index is 12.4. The summed E-state index contributed by atoms with van der Waals surface area (Å²) in [6.07, 6.45) is 15.2. The molecule has 2 saturated carbocycles. The van der Waals surface area contributed by atoms with Crippen molar-refractivity contribution in [3.05, 3.63) is 10.8 Å². The van der Waals surface area contributed by atoms with Gasteiger partial charge in [-0.1, -0.05) is 74.5 Å². The fourth-order valence-electron chi connectivity index (χ4n) is 4.58. The number of nitrogens with one attached hydrogen (secondary N) is 1. The van der Waals surface area contributed by atoms with Crippen molar-refractivity contribution in [3.63, 3.8) is 0 Å². The molecule has 2 aromatic rings. The van der Waals surface area contributed by atoms with Gasteiger partial charge in [0.15, 0.2) is 5.16 Å². The normalized spacial score (nSPS) is 18.6. The average Bonchev–Trinajstić information content (AvgIpc) is 3.39. The molecule has 2 aliphatic rings. The molecule has 1 amide bonds. The molecule has 2 aliphatic carbocycles. The standard InChI is InChI=1S/C21H32N6OS2/c1-27-17(13-12-15-8-4-2-5-9-15)23-26-21(27)29-14-18(28)22-20-25-24-19(30-20)16-10-6-3-7-11-16/h15-16H,2-14H2,1H3,(H,22,25,28). The molecule has 0 bridgehead atoms. The first kappa shape index (κ1) is 21.7. The van der Waals surface area contributed by atoms with Gasteiger partial charge in [0.25, 0.3) is 0 Å². The van der Waals surface area contributed by atoms with Crippen LogP contribution in [-0.2, 0) is 18.3 Å². The van der Waals surface area contributed by atoms with Gasteiger partial charge in [-0.2, -0.15) is 0 Å². The van der Waals surface area contributed by atoms with E-state index in [1.165, 1.54) is 93.7 Å². The van der Waals surface area contributed by atoms with E-state index in [1.807, 2.05) is 11.6 Å². The zero-order chi connectivity index (χ0) is 20.8. The van der Waals surface area contributed by atoms with Crippen molar-refractivity contribution in [1.29, 1.82) is 0 Å². The van der Waals surface area contributed by atoms with E-state index in [9.17, 15) is 4.79 Å². The highest BCUT2D eigenvalue weighted by molar-refractivity contribution is 7.99. The molecule has 0 saturated heterocycles. The summed E-state index contributed by atoms with van der Waals surface area (Å²) in [4.78, 5) is 12.4. The third kappa shape index (κ3) is 5.81. The van der Waals surface area contributed by atoms with Crippen LogP contribution < -0.4 is 5.32 Å². The maximum atomic E-state index is 12.4. The minimum Gasteiger partial charge on any atom is -0.309 e. The third-order valence-electron chi connectivity index (χ3n) is 6.40. The summed E-state index contributed by atoms with van der Waals surface area (Å²) in [5.74, 6) is 2.60. The first-order chi connectivity index (χ1) is 14.7. The molecule has 2 aromatic heterocycles. The van der Waals surface area contributed by atoms with Gasteiger partial charge in [-0.05, 0) is 25.2 Å². The van der Waals surface area contributed by atoms with Crippen LogP contribution in [0.4, 0.5) is 5.13 Å². The van der Waals surface area contributed by atoms with Crippen LogP contribution in [0.1, 0.15) is 87.4 Å². The summed E-state index contributed by atoms with van der Waals surface area (Å²) < 4.78 is 2.03. The summed E-state index contributed by atoms with van der Waals surface area (Å²) >= 11 is 2.95. The Hall–Kier alpha value is -1.48. The molecule has 0 aliphatic heterocycles. The smallest absolute Gasteiger partial charge is 0.236 e. The van der Waals surface area contributed by atoms with Gasteiger partial charge in [0, 0.05) is 19.4 Å². The van der Waals surface area contributed by atoms with E-state index in [2.05, 4.69) is 25.7 Å². The zero-order valence-electron chi connectivity index (χ0n) is 17.8. The van der Waals surface area contributed by atoms with E-state index in [1.54, 1.807) is 0 Å². The first-order valence-electron chi connectivity index (χ1n) is 11.3. The van der Waals surface area contributed by atoms with Gasteiger partial charge >= 0.3 is 0 Å². The summed E-state index contributed by atoms with van der Waals surface area (Å²) in [7, 11) is 2.00. The zero-order valence-corrected chi connectivity index (χ0v) is 19.4.